The molecule has 1 unspecified atom stereocenters. The quantitative estimate of drug-likeness (QED) is 0.755. The molecule has 8 nitrogen and oxygen atoms in total. The molecular formula is C18H24N2O6. The third-order valence-electron chi connectivity index (χ3n) is 4.15. The van der Waals surface area contributed by atoms with E-state index in [4.69, 9.17) is 14.6 Å². The van der Waals surface area contributed by atoms with Gasteiger partial charge in [0, 0.05) is 19.2 Å². The fourth-order valence-corrected chi connectivity index (χ4v) is 2.95. The zero-order chi connectivity index (χ0) is 19.1. The van der Waals surface area contributed by atoms with Gasteiger partial charge in [-0.2, -0.15) is 0 Å². The molecule has 1 heterocycles. The van der Waals surface area contributed by atoms with Gasteiger partial charge in [-0.05, 0) is 44.4 Å². The molecule has 1 atom stereocenters. The number of aliphatic carboxylic acids is 1. The van der Waals surface area contributed by atoms with Crippen molar-refractivity contribution in [3.8, 4) is 11.5 Å². The summed E-state index contributed by atoms with van der Waals surface area (Å²) in [5.74, 6) is -0.983. The largest absolute Gasteiger partial charge is 0.490 e. The van der Waals surface area contributed by atoms with Crippen LogP contribution in [0.2, 0.25) is 0 Å². The van der Waals surface area contributed by atoms with Crippen LogP contribution >= 0.6 is 0 Å². The number of rotatable bonds is 7. The number of benzene rings is 1. The lowest BCUT2D eigenvalue weighted by atomic mass is 10.00. The molecule has 0 aromatic heterocycles. The van der Waals surface area contributed by atoms with Crippen LogP contribution in [-0.2, 0) is 9.59 Å². The maximum Gasteiger partial charge on any atom is 0.341 e. The lowest BCUT2D eigenvalue weighted by Gasteiger charge is -2.34. The van der Waals surface area contributed by atoms with Crippen molar-refractivity contribution in [3.63, 3.8) is 0 Å². The molecule has 1 aromatic rings. The first-order chi connectivity index (χ1) is 12.5. The molecule has 0 saturated carbocycles. The van der Waals surface area contributed by atoms with E-state index in [2.05, 4.69) is 5.32 Å². The van der Waals surface area contributed by atoms with Crippen molar-refractivity contribution >= 4 is 17.8 Å². The van der Waals surface area contributed by atoms with E-state index in [0.717, 1.165) is 12.8 Å². The van der Waals surface area contributed by atoms with E-state index in [9.17, 15) is 14.4 Å². The van der Waals surface area contributed by atoms with Gasteiger partial charge < -0.3 is 24.8 Å². The van der Waals surface area contributed by atoms with Crippen molar-refractivity contribution < 1.29 is 29.0 Å². The Bertz CT molecular complexity index is 676. The number of carboxylic acid groups (broad SMARTS) is 1. The smallest absolute Gasteiger partial charge is 0.341 e. The molecule has 0 spiro atoms. The second-order valence-corrected chi connectivity index (χ2v) is 5.90. The minimum absolute atomic E-state index is 0.176. The number of amides is 2. The topological polar surface area (TPSA) is 105 Å². The zero-order valence-electron chi connectivity index (χ0n) is 15.0. The number of carbonyl (C=O) groups is 3. The first-order valence-electron chi connectivity index (χ1n) is 8.62. The molecule has 0 aliphatic carbocycles. The molecule has 26 heavy (non-hydrogen) atoms. The molecule has 0 radical (unpaired) electrons. The Kier molecular flexibility index (Phi) is 6.82. The maximum atomic E-state index is 12.9. The molecule has 142 valence electrons. The number of piperidine rings is 1. The fraction of sp³-hybridized carbons (Fsp3) is 0.500. The molecule has 1 saturated heterocycles. The predicted octanol–water partition coefficient (Wildman–Crippen LogP) is 1.29. The monoisotopic (exact) mass is 364 g/mol. The van der Waals surface area contributed by atoms with E-state index in [-0.39, 0.29) is 17.6 Å². The summed E-state index contributed by atoms with van der Waals surface area (Å²) in [6, 6.07) is 4.11. The van der Waals surface area contributed by atoms with Gasteiger partial charge in [0.2, 0.25) is 5.91 Å². The summed E-state index contributed by atoms with van der Waals surface area (Å²) in [5, 5.41) is 11.4. The lowest BCUT2D eigenvalue weighted by Crippen LogP contribution is -2.51. The van der Waals surface area contributed by atoms with Crippen LogP contribution in [0.25, 0.3) is 0 Å². The molecule has 1 aliphatic heterocycles. The van der Waals surface area contributed by atoms with Crippen molar-refractivity contribution in [3.05, 3.63) is 23.8 Å². The Balaban J connectivity index is 2.25. The number of nitrogens with one attached hydrogen (secondary N) is 1. The van der Waals surface area contributed by atoms with Crippen molar-refractivity contribution in [1.29, 1.82) is 0 Å². The minimum atomic E-state index is -1.10. The Morgan fingerprint density at radius 1 is 1.23 bits per heavy atom. The van der Waals surface area contributed by atoms with Crippen molar-refractivity contribution in [2.24, 2.45) is 0 Å². The number of nitrogens with zero attached hydrogens (tertiary/aromatic N) is 1. The van der Waals surface area contributed by atoms with Crippen molar-refractivity contribution in [2.75, 3.05) is 26.8 Å². The highest BCUT2D eigenvalue weighted by atomic mass is 16.5. The number of hydrogen-bond acceptors (Lipinski definition) is 5. The summed E-state index contributed by atoms with van der Waals surface area (Å²) >= 11 is 0. The average Bonchev–Trinajstić information content (AvgIpc) is 2.65. The van der Waals surface area contributed by atoms with Gasteiger partial charge in [-0.1, -0.05) is 0 Å². The van der Waals surface area contributed by atoms with Crippen LogP contribution in [0, 0.1) is 0 Å². The van der Waals surface area contributed by atoms with Crippen LogP contribution in [0.3, 0.4) is 0 Å². The van der Waals surface area contributed by atoms with Crippen LogP contribution in [0.4, 0.5) is 0 Å². The van der Waals surface area contributed by atoms with Gasteiger partial charge in [0.25, 0.3) is 5.91 Å². The van der Waals surface area contributed by atoms with Gasteiger partial charge in [0.15, 0.2) is 18.1 Å². The molecule has 1 aliphatic rings. The summed E-state index contributed by atoms with van der Waals surface area (Å²) in [4.78, 5) is 37.3. The fourth-order valence-electron chi connectivity index (χ4n) is 2.95. The molecule has 1 aromatic carbocycles. The second kappa shape index (κ2) is 9.07. The Hall–Kier alpha value is -2.77. The average molecular weight is 364 g/mol. The van der Waals surface area contributed by atoms with Crippen molar-refractivity contribution in [2.45, 2.75) is 32.2 Å². The van der Waals surface area contributed by atoms with Crippen LogP contribution in [0.1, 0.15) is 36.5 Å². The first-order valence-corrected chi connectivity index (χ1v) is 8.62. The second-order valence-electron chi connectivity index (χ2n) is 5.90. The molecule has 2 rings (SSSR count). The number of likely N-dealkylation sites (tertiary alicyclic amines) is 1. The number of hydrogen-bond donors (Lipinski definition) is 2. The molecule has 2 N–H and O–H groups in total. The summed E-state index contributed by atoms with van der Waals surface area (Å²) in [7, 11) is 1.56. The minimum Gasteiger partial charge on any atom is -0.490 e. The summed E-state index contributed by atoms with van der Waals surface area (Å²) < 4.78 is 10.7. The van der Waals surface area contributed by atoms with Gasteiger partial charge in [0.1, 0.15) is 6.04 Å². The van der Waals surface area contributed by atoms with E-state index < -0.39 is 18.6 Å². The highest BCUT2D eigenvalue weighted by Crippen LogP contribution is 2.30. The van der Waals surface area contributed by atoms with Crippen LogP contribution in [0.5, 0.6) is 11.5 Å². The highest BCUT2D eigenvalue weighted by Gasteiger charge is 2.32. The number of carboxylic acids is 1. The lowest BCUT2D eigenvalue weighted by molar-refractivity contribution is -0.139. The molecule has 0 bridgehead atoms. The Morgan fingerprint density at radius 3 is 2.65 bits per heavy atom. The van der Waals surface area contributed by atoms with Crippen LogP contribution in [0.15, 0.2) is 18.2 Å². The summed E-state index contributed by atoms with van der Waals surface area (Å²) in [6.45, 7) is 2.13. The molecule has 2 amide bonds. The van der Waals surface area contributed by atoms with Crippen LogP contribution in [-0.4, -0.2) is 60.6 Å². The molecular weight excluding hydrogens is 340 g/mol. The van der Waals surface area contributed by atoms with Gasteiger partial charge in [-0.15, -0.1) is 0 Å². The first kappa shape index (κ1) is 19.6. The number of likely N-dealkylation sites (N-methyl/N-ethyl adjacent to an activating group) is 1. The zero-order valence-corrected chi connectivity index (χ0v) is 15.0. The van der Waals surface area contributed by atoms with E-state index >= 15 is 0 Å². The van der Waals surface area contributed by atoms with Crippen LogP contribution < -0.4 is 14.8 Å². The Morgan fingerprint density at radius 2 is 2.00 bits per heavy atom. The van der Waals surface area contributed by atoms with E-state index in [1.807, 2.05) is 0 Å². The standard InChI is InChI=1S/C18H24N2O6/c1-3-25-15-10-12(7-8-14(15)26-11-16(21)22)18(24)20-9-5-4-6-13(20)17(23)19-2/h7-8,10,13H,3-6,9,11H2,1-2H3,(H,19,23)(H,21,22). The Labute approximate surface area is 152 Å². The van der Waals surface area contributed by atoms with E-state index in [1.54, 1.807) is 24.9 Å². The molecule has 8 heteroatoms. The third-order valence-corrected chi connectivity index (χ3v) is 4.15. The van der Waals surface area contributed by atoms with Crippen molar-refractivity contribution in [1.82, 2.24) is 10.2 Å². The van der Waals surface area contributed by atoms with Gasteiger partial charge in [0.05, 0.1) is 6.61 Å². The predicted molar refractivity (Wildman–Crippen MR) is 93.5 cm³/mol. The summed E-state index contributed by atoms with van der Waals surface area (Å²) in [5.41, 5.74) is 0.368. The highest BCUT2D eigenvalue weighted by molar-refractivity contribution is 5.98. The van der Waals surface area contributed by atoms with E-state index in [1.165, 1.54) is 12.1 Å². The summed E-state index contributed by atoms with van der Waals surface area (Å²) in [6.07, 6.45) is 2.37. The van der Waals surface area contributed by atoms with Gasteiger partial charge in [-0.25, -0.2) is 4.79 Å². The third kappa shape index (κ3) is 4.65. The number of ether oxygens (including phenoxy) is 2. The van der Waals surface area contributed by atoms with Gasteiger partial charge >= 0.3 is 5.97 Å². The molecule has 1 fully saturated rings. The van der Waals surface area contributed by atoms with E-state index in [0.29, 0.717) is 30.9 Å². The SMILES string of the molecule is CCOc1cc(C(=O)N2CCCCC2C(=O)NC)ccc1OCC(=O)O. The normalized spacial score (nSPS) is 16.7. The van der Waals surface area contributed by atoms with Gasteiger partial charge in [-0.3, -0.25) is 9.59 Å². The number of carbonyl (C=O) groups excluding carboxylic acids is 2. The maximum absolute atomic E-state index is 12.9.